The monoisotopic (exact) mass is 304 g/mol. The summed E-state index contributed by atoms with van der Waals surface area (Å²) in [4.78, 5) is 2.49. The zero-order chi connectivity index (χ0) is 15.8. The van der Waals surface area contributed by atoms with Gasteiger partial charge < -0.3 is 15.0 Å². The molecule has 1 saturated heterocycles. The summed E-state index contributed by atoms with van der Waals surface area (Å²) < 4.78 is 5.92. The second-order valence-electron chi connectivity index (χ2n) is 6.46. The first-order chi connectivity index (χ1) is 10.7. The Kier molecular flexibility index (Phi) is 7.04. The lowest BCUT2D eigenvalue weighted by atomic mass is 9.99. The van der Waals surface area contributed by atoms with Gasteiger partial charge in [0.05, 0.1) is 12.3 Å². The van der Waals surface area contributed by atoms with Gasteiger partial charge in [0.1, 0.15) is 5.75 Å². The van der Waals surface area contributed by atoms with E-state index in [-0.39, 0.29) is 0 Å². The fourth-order valence-corrected chi connectivity index (χ4v) is 3.14. The first-order valence-electron chi connectivity index (χ1n) is 8.96. The highest BCUT2D eigenvalue weighted by Gasteiger charge is 2.19. The van der Waals surface area contributed by atoms with E-state index in [2.05, 4.69) is 49.2 Å². The molecule has 2 rings (SSSR count). The molecule has 3 heteroatoms. The number of anilines is 1. The summed E-state index contributed by atoms with van der Waals surface area (Å²) >= 11 is 0. The molecular weight excluding hydrogens is 272 g/mol. The highest BCUT2D eigenvalue weighted by molar-refractivity contribution is 5.60. The van der Waals surface area contributed by atoms with E-state index in [1.54, 1.807) is 0 Å². The van der Waals surface area contributed by atoms with E-state index in [0.29, 0.717) is 0 Å². The van der Waals surface area contributed by atoms with Gasteiger partial charge in [0.25, 0.3) is 0 Å². The fraction of sp³-hybridized carbons (Fsp3) is 0.684. The molecule has 1 atom stereocenters. The second-order valence-corrected chi connectivity index (χ2v) is 6.46. The molecule has 0 spiro atoms. The molecule has 1 aromatic carbocycles. The Balaban J connectivity index is 2.05. The normalized spacial score (nSPS) is 18.5. The molecule has 3 nitrogen and oxygen atoms in total. The van der Waals surface area contributed by atoms with Gasteiger partial charge in [-0.1, -0.05) is 26.3 Å². The van der Waals surface area contributed by atoms with E-state index < -0.39 is 0 Å². The van der Waals surface area contributed by atoms with Crippen molar-refractivity contribution in [3.63, 3.8) is 0 Å². The molecular formula is C19H32N2O. The highest BCUT2D eigenvalue weighted by Crippen LogP contribution is 2.32. The van der Waals surface area contributed by atoms with Gasteiger partial charge in [-0.25, -0.2) is 0 Å². The lowest BCUT2D eigenvalue weighted by Gasteiger charge is -2.34. The zero-order valence-electron chi connectivity index (χ0n) is 14.5. The van der Waals surface area contributed by atoms with Crippen molar-refractivity contribution >= 4 is 5.69 Å². The Bertz CT molecular complexity index is 447. The first-order valence-corrected chi connectivity index (χ1v) is 8.96. The minimum Gasteiger partial charge on any atom is -0.492 e. The molecule has 22 heavy (non-hydrogen) atoms. The van der Waals surface area contributed by atoms with Gasteiger partial charge in [-0.3, -0.25) is 0 Å². The summed E-state index contributed by atoms with van der Waals surface area (Å²) in [6.45, 7) is 11.7. The molecule has 1 heterocycles. The van der Waals surface area contributed by atoms with Gasteiger partial charge in [0, 0.05) is 19.6 Å². The van der Waals surface area contributed by atoms with E-state index in [9.17, 15) is 0 Å². The third kappa shape index (κ3) is 4.91. The first kappa shape index (κ1) is 17.1. The molecule has 1 unspecified atom stereocenters. The minimum atomic E-state index is 0.725. The molecule has 0 aromatic heterocycles. The van der Waals surface area contributed by atoms with Crippen LogP contribution in [0.4, 0.5) is 5.69 Å². The molecule has 124 valence electrons. The Morgan fingerprint density at radius 3 is 2.91 bits per heavy atom. The maximum atomic E-state index is 5.92. The number of ether oxygens (including phenoxy) is 1. The van der Waals surface area contributed by atoms with Crippen LogP contribution in [0.5, 0.6) is 5.75 Å². The van der Waals surface area contributed by atoms with Crippen LogP contribution < -0.4 is 15.0 Å². The molecule has 0 aliphatic carbocycles. The van der Waals surface area contributed by atoms with Gasteiger partial charge in [0.15, 0.2) is 0 Å². The second kappa shape index (κ2) is 9.04. The van der Waals surface area contributed by atoms with Crippen LogP contribution in [0.15, 0.2) is 18.2 Å². The van der Waals surface area contributed by atoms with E-state index in [0.717, 1.165) is 44.5 Å². The van der Waals surface area contributed by atoms with Gasteiger partial charge in [-0.2, -0.15) is 0 Å². The van der Waals surface area contributed by atoms with Crippen LogP contribution >= 0.6 is 0 Å². The lowest BCUT2D eigenvalue weighted by Crippen LogP contribution is -2.34. The van der Waals surface area contributed by atoms with Crippen molar-refractivity contribution in [2.24, 2.45) is 5.92 Å². The van der Waals surface area contributed by atoms with Crippen LogP contribution in [0.1, 0.15) is 52.0 Å². The maximum absolute atomic E-state index is 5.92. The number of rotatable bonds is 8. The fourth-order valence-electron chi connectivity index (χ4n) is 3.14. The SMILES string of the molecule is CCCCNCc1ccc(N2CCCC(C)C2)c(OCC)c1. The molecule has 0 amide bonds. The van der Waals surface area contributed by atoms with E-state index in [1.165, 1.54) is 36.9 Å². The molecule has 1 N–H and O–H groups in total. The van der Waals surface area contributed by atoms with Crippen molar-refractivity contribution in [1.82, 2.24) is 5.32 Å². The van der Waals surface area contributed by atoms with E-state index in [1.807, 2.05) is 0 Å². The third-order valence-electron chi connectivity index (χ3n) is 4.36. The predicted molar refractivity (Wildman–Crippen MR) is 94.8 cm³/mol. The minimum absolute atomic E-state index is 0.725. The van der Waals surface area contributed by atoms with E-state index >= 15 is 0 Å². The van der Waals surface area contributed by atoms with Gasteiger partial charge in [-0.15, -0.1) is 0 Å². The van der Waals surface area contributed by atoms with Crippen LogP contribution in [0, 0.1) is 5.92 Å². The zero-order valence-corrected chi connectivity index (χ0v) is 14.5. The molecule has 1 aliphatic heterocycles. The summed E-state index contributed by atoms with van der Waals surface area (Å²) in [6, 6.07) is 6.72. The molecule has 0 radical (unpaired) electrons. The molecule has 1 fully saturated rings. The molecule has 1 aromatic rings. The van der Waals surface area contributed by atoms with Gasteiger partial charge in [-0.05, 0) is 56.3 Å². The van der Waals surface area contributed by atoms with E-state index in [4.69, 9.17) is 4.74 Å². The summed E-state index contributed by atoms with van der Waals surface area (Å²) in [7, 11) is 0. The van der Waals surface area contributed by atoms with Crippen molar-refractivity contribution in [2.75, 3.05) is 31.1 Å². The average Bonchev–Trinajstić information content (AvgIpc) is 2.52. The number of nitrogens with one attached hydrogen (secondary N) is 1. The van der Waals surface area contributed by atoms with Crippen molar-refractivity contribution < 1.29 is 4.74 Å². The van der Waals surface area contributed by atoms with Gasteiger partial charge >= 0.3 is 0 Å². The van der Waals surface area contributed by atoms with Crippen LogP contribution in [-0.4, -0.2) is 26.2 Å². The number of benzene rings is 1. The average molecular weight is 304 g/mol. The van der Waals surface area contributed by atoms with Crippen molar-refractivity contribution in [2.45, 2.75) is 53.0 Å². The van der Waals surface area contributed by atoms with Crippen molar-refractivity contribution in [3.8, 4) is 5.75 Å². The number of hydrogen-bond acceptors (Lipinski definition) is 3. The molecule has 1 aliphatic rings. The Labute approximate surface area is 136 Å². The third-order valence-corrected chi connectivity index (χ3v) is 4.36. The lowest BCUT2D eigenvalue weighted by molar-refractivity contribution is 0.337. The van der Waals surface area contributed by atoms with Gasteiger partial charge in [0.2, 0.25) is 0 Å². The largest absolute Gasteiger partial charge is 0.492 e. The Morgan fingerprint density at radius 2 is 2.18 bits per heavy atom. The Morgan fingerprint density at radius 1 is 1.32 bits per heavy atom. The standard InChI is InChI=1S/C19H32N2O/c1-4-6-11-20-14-17-9-10-18(19(13-17)22-5-2)21-12-7-8-16(3)15-21/h9-10,13,16,20H,4-8,11-12,14-15H2,1-3H3. The van der Waals surface area contributed by atoms with Crippen molar-refractivity contribution in [3.05, 3.63) is 23.8 Å². The Hall–Kier alpha value is -1.22. The predicted octanol–water partition coefficient (Wildman–Crippen LogP) is 4.21. The molecule has 0 saturated carbocycles. The number of hydrogen-bond donors (Lipinski definition) is 1. The number of nitrogens with zero attached hydrogens (tertiary/aromatic N) is 1. The smallest absolute Gasteiger partial charge is 0.142 e. The van der Waals surface area contributed by atoms with Crippen LogP contribution in [-0.2, 0) is 6.54 Å². The number of unbranched alkanes of at least 4 members (excludes halogenated alkanes) is 1. The summed E-state index contributed by atoms with van der Waals surface area (Å²) in [5.41, 5.74) is 2.58. The molecule has 0 bridgehead atoms. The quantitative estimate of drug-likeness (QED) is 0.728. The van der Waals surface area contributed by atoms with Crippen LogP contribution in [0.3, 0.4) is 0 Å². The van der Waals surface area contributed by atoms with Crippen molar-refractivity contribution in [1.29, 1.82) is 0 Å². The topological polar surface area (TPSA) is 24.5 Å². The maximum Gasteiger partial charge on any atom is 0.142 e. The van der Waals surface area contributed by atoms with Crippen LogP contribution in [0.25, 0.3) is 0 Å². The highest BCUT2D eigenvalue weighted by atomic mass is 16.5. The summed E-state index contributed by atoms with van der Waals surface area (Å²) in [5.74, 6) is 1.82. The number of piperidine rings is 1. The van der Waals surface area contributed by atoms with Crippen LogP contribution in [0.2, 0.25) is 0 Å². The summed E-state index contributed by atoms with van der Waals surface area (Å²) in [6.07, 6.45) is 5.11. The summed E-state index contributed by atoms with van der Waals surface area (Å²) in [5, 5.41) is 3.51.